The van der Waals surface area contributed by atoms with E-state index in [0.717, 1.165) is 11.1 Å². The number of rotatable bonds is 9. The van der Waals surface area contributed by atoms with Crippen molar-refractivity contribution < 1.29 is 24.2 Å². The molecule has 1 aromatic heterocycles. The number of ether oxygens (including phenoxy) is 1. The molecule has 2 amide bonds. The lowest BCUT2D eigenvalue weighted by Crippen LogP contribution is -2.38. The number of hydrogen-bond acceptors (Lipinski definition) is 6. The van der Waals surface area contributed by atoms with Gasteiger partial charge in [0, 0.05) is 24.3 Å². The molecule has 35 heavy (non-hydrogen) atoms. The molecule has 8 nitrogen and oxygen atoms in total. The van der Waals surface area contributed by atoms with Crippen LogP contribution in [0.4, 0.5) is 4.79 Å². The third kappa shape index (κ3) is 5.86. The molecule has 1 aliphatic carbocycles. The largest absolute Gasteiger partial charge is 0.476 e. The zero-order chi connectivity index (χ0) is 25.0. The lowest BCUT2D eigenvalue weighted by atomic mass is 9.89. The van der Waals surface area contributed by atoms with Gasteiger partial charge in [-0.2, -0.15) is 0 Å². The van der Waals surface area contributed by atoms with Crippen molar-refractivity contribution in [2.45, 2.75) is 32.7 Å². The molecule has 0 saturated carbocycles. The van der Waals surface area contributed by atoms with E-state index in [4.69, 9.17) is 9.84 Å². The molecule has 0 spiro atoms. The van der Waals surface area contributed by atoms with Gasteiger partial charge in [0.15, 0.2) is 5.69 Å². The normalized spacial score (nSPS) is 12.5. The summed E-state index contributed by atoms with van der Waals surface area (Å²) in [5, 5.41) is 16.4. The summed E-state index contributed by atoms with van der Waals surface area (Å²) in [6, 6.07) is 16.3. The number of aromatic nitrogens is 1. The highest BCUT2D eigenvalue weighted by Crippen LogP contribution is 2.44. The standard InChI is InChI=1S/C26H27N3O5S/c1-26(2,11-22(30)27-12-23-29-21(14-35-23)24(31)32)15-28-25(33)34-13-20-18-9-5-3-7-16(18)17-8-4-6-10-19(17)20/h3-10,14,20H,11-13,15H2,1-2H3,(H,27,30)(H,28,33)(H,31,32). The van der Waals surface area contributed by atoms with Crippen molar-refractivity contribution in [1.29, 1.82) is 0 Å². The van der Waals surface area contributed by atoms with Gasteiger partial charge in [0.2, 0.25) is 5.91 Å². The van der Waals surface area contributed by atoms with Crippen LogP contribution in [0, 0.1) is 5.41 Å². The Morgan fingerprint density at radius 2 is 1.66 bits per heavy atom. The number of nitrogens with one attached hydrogen (secondary N) is 2. The van der Waals surface area contributed by atoms with Gasteiger partial charge >= 0.3 is 12.1 Å². The van der Waals surface area contributed by atoms with E-state index in [0.29, 0.717) is 5.01 Å². The monoisotopic (exact) mass is 493 g/mol. The molecule has 0 saturated heterocycles. The first-order valence-corrected chi connectivity index (χ1v) is 12.1. The van der Waals surface area contributed by atoms with Gasteiger partial charge < -0.3 is 20.5 Å². The first-order chi connectivity index (χ1) is 16.7. The Morgan fingerprint density at radius 3 is 2.26 bits per heavy atom. The van der Waals surface area contributed by atoms with Gasteiger partial charge in [-0.15, -0.1) is 11.3 Å². The average molecular weight is 494 g/mol. The topological polar surface area (TPSA) is 118 Å². The summed E-state index contributed by atoms with van der Waals surface area (Å²) < 4.78 is 5.56. The molecule has 3 N–H and O–H groups in total. The van der Waals surface area contributed by atoms with Crippen LogP contribution in [-0.2, 0) is 16.1 Å². The number of thiazole rings is 1. The lowest BCUT2D eigenvalue weighted by Gasteiger charge is -2.24. The van der Waals surface area contributed by atoms with Crippen molar-refractivity contribution in [3.8, 4) is 11.1 Å². The highest BCUT2D eigenvalue weighted by Gasteiger charge is 2.29. The number of carboxylic acid groups (broad SMARTS) is 1. The van der Waals surface area contributed by atoms with Crippen LogP contribution < -0.4 is 10.6 Å². The van der Waals surface area contributed by atoms with Crippen LogP contribution >= 0.6 is 11.3 Å². The van der Waals surface area contributed by atoms with Crippen molar-refractivity contribution in [2.75, 3.05) is 13.2 Å². The zero-order valence-corrected chi connectivity index (χ0v) is 20.4. The van der Waals surface area contributed by atoms with Crippen molar-refractivity contribution in [3.05, 3.63) is 75.7 Å². The molecular weight excluding hydrogens is 466 g/mol. The highest BCUT2D eigenvalue weighted by molar-refractivity contribution is 7.09. The average Bonchev–Trinajstić information content (AvgIpc) is 3.43. The summed E-state index contributed by atoms with van der Waals surface area (Å²) in [5.74, 6) is -1.32. The number of carboxylic acids is 1. The minimum absolute atomic E-state index is 0.0144. The second-order valence-electron chi connectivity index (χ2n) is 9.23. The quantitative estimate of drug-likeness (QED) is 0.406. The molecule has 182 valence electrons. The van der Waals surface area contributed by atoms with Gasteiger partial charge in [0.1, 0.15) is 11.6 Å². The van der Waals surface area contributed by atoms with E-state index in [1.165, 1.54) is 27.8 Å². The Bertz CT molecular complexity index is 1210. The van der Waals surface area contributed by atoms with Crippen LogP contribution in [0.1, 0.15) is 52.8 Å². The summed E-state index contributed by atoms with van der Waals surface area (Å²) >= 11 is 1.18. The molecule has 0 unspecified atom stereocenters. The molecule has 0 radical (unpaired) electrons. The van der Waals surface area contributed by atoms with Gasteiger partial charge in [-0.05, 0) is 27.7 Å². The van der Waals surface area contributed by atoms with Crippen LogP contribution in [0.25, 0.3) is 11.1 Å². The number of hydrogen-bond donors (Lipinski definition) is 3. The number of fused-ring (bicyclic) bond motifs is 3. The van der Waals surface area contributed by atoms with Gasteiger partial charge in [0.25, 0.3) is 0 Å². The predicted molar refractivity (Wildman–Crippen MR) is 132 cm³/mol. The molecule has 2 aromatic carbocycles. The maximum absolute atomic E-state index is 12.4. The third-order valence-corrected chi connectivity index (χ3v) is 6.75. The minimum Gasteiger partial charge on any atom is -0.476 e. The van der Waals surface area contributed by atoms with E-state index in [1.54, 1.807) is 0 Å². The van der Waals surface area contributed by atoms with E-state index in [1.807, 2.05) is 38.1 Å². The van der Waals surface area contributed by atoms with Gasteiger partial charge in [-0.25, -0.2) is 14.6 Å². The molecule has 0 atom stereocenters. The maximum atomic E-state index is 12.4. The minimum atomic E-state index is -1.10. The molecule has 0 bridgehead atoms. The third-order valence-electron chi connectivity index (χ3n) is 5.90. The maximum Gasteiger partial charge on any atom is 0.407 e. The number of nitrogens with zero attached hydrogens (tertiary/aromatic N) is 1. The molecule has 9 heteroatoms. The van der Waals surface area contributed by atoms with E-state index >= 15 is 0 Å². The number of benzene rings is 2. The number of amides is 2. The highest BCUT2D eigenvalue weighted by atomic mass is 32.1. The molecule has 1 aliphatic rings. The predicted octanol–water partition coefficient (Wildman–Crippen LogP) is 4.41. The molecule has 0 fully saturated rings. The molecule has 3 aromatic rings. The number of aromatic carboxylic acids is 1. The second-order valence-corrected chi connectivity index (χ2v) is 10.2. The Labute approximate surface area is 207 Å². The fraction of sp³-hybridized carbons (Fsp3) is 0.308. The van der Waals surface area contributed by atoms with Crippen LogP contribution in [-0.4, -0.2) is 41.2 Å². The number of carbonyl (C=O) groups is 3. The SMILES string of the molecule is CC(C)(CNC(=O)OCC1c2ccccc2-c2ccccc21)CC(=O)NCc1nc(C(=O)O)cs1. The summed E-state index contributed by atoms with van der Waals surface area (Å²) in [7, 11) is 0. The van der Waals surface area contributed by atoms with Gasteiger partial charge in [-0.1, -0.05) is 62.4 Å². The van der Waals surface area contributed by atoms with Crippen LogP contribution in [0.15, 0.2) is 53.9 Å². The van der Waals surface area contributed by atoms with E-state index in [9.17, 15) is 14.4 Å². The molecule has 4 rings (SSSR count). The molecular formula is C26H27N3O5S. The smallest absolute Gasteiger partial charge is 0.407 e. The van der Waals surface area contributed by atoms with Crippen LogP contribution in [0.5, 0.6) is 0 Å². The second kappa shape index (κ2) is 10.3. The van der Waals surface area contributed by atoms with Crippen molar-refractivity contribution in [3.63, 3.8) is 0 Å². The fourth-order valence-electron chi connectivity index (χ4n) is 4.19. The van der Waals surface area contributed by atoms with Crippen molar-refractivity contribution in [2.24, 2.45) is 5.41 Å². The summed E-state index contributed by atoms with van der Waals surface area (Å²) in [6.07, 6.45) is -0.349. The van der Waals surface area contributed by atoms with Gasteiger partial charge in [-0.3, -0.25) is 4.79 Å². The Kier molecular flexibility index (Phi) is 7.16. The first-order valence-electron chi connectivity index (χ1n) is 11.3. The van der Waals surface area contributed by atoms with Gasteiger partial charge in [0.05, 0.1) is 6.54 Å². The first kappa shape index (κ1) is 24.4. The molecule has 0 aliphatic heterocycles. The van der Waals surface area contributed by atoms with E-state index in [-0.39, 0.29) is 43.6 Å². The number of alkyl carbamates (subject to hydrolysis) is 1. The zero-order valence-electron chi connectivity index (χ0n) is 19.5. The van der Waals surface area contributed by atoms with Crippen LogP contribution in [0.3, 0.4) is 0 Å². The summed E-state index contributed by atoms with van der Waals surface area (Å²) in [6.45, 7) is 4.40. The van der Waals surface area contributed by atoms with Crippen molar-refractivity contribution >= 4 is 29.3 Å². The Hall–Kier alpha value is -3.72. The number of carbonyl (C=O) groups excluding carboxylic acids is 2. The van der Waals surface area contributed by atoms with E-state index < -0.39 is 17.5 Å². The van der Waals surface area contributed by atoms with Crippen LogP contribution in [0.2, 0.25) is 0 Å². The molecule has 1 heterocycles. The van der Waals surface area contributed by atoms with E-state index in [2.05, 4.69) is 39.9 Å². The van der Waals surface area contributed by atoms with Crippen molar-refractivity contribution in [1.82, 2.24) is 15.6 Å². The summed E-state index contributed by atoms with van der Waals surface area (Å²) in [5.41, 5.74) is 4.09. The Balaban J connectivity index is 1.24. The fourth-order valence-corrected chi connectivity index (χ4v) is 4.89. The summed E-state index contributed by atoms with van der Waals surface area (Å²) in [4.78, 5) is 39.7. The Morgan fingerprint density at radius 1 is 1.03 bits per heavy atom. The lowest BCUT2D eigenvalue weighted by molar-refractivity contribution is -0.123.